The topological polar surface area (TPSA) is 124 Å². The standard InChI is InChI=1S/C35H41ClFN5O5S/c1-7-21-16-22(26-18-28(37)29(40-32(26)46-6)20-48(44,45)30-11-9-8-10-27(30)36)17-23-19-38-33(41-31(21)23)39-24-12-14-25(15-13-24)42(5)34(43)47-35(2,3)4/h8-11,16-19,24-25H,7,12-15,20H2,1-6H3,(H,38,39,41). The number of hydrogen-bond donors (Lipinski definition) is 1. The molecule has 4 aromatic rings. The summed E-state index contributed by atoms with van der Waals surface area (Å²) in [6, 6.07) is 11.3. The summed E-state index contributed by atoms with van der Waals surface area (Å²) in [5.74, 6) is -0.844. The molecule has 0 aliphatic heterocycles. The number of fused-ring (bicyclic) bond motifs is 1. The molecule has 5 rings (SSSR count). The number of rotatable bonds is 9. The molecule has 1 aliphatic rings. The van der Waals surface area contributed by atoms with Crippen molar-refractivity contribution in [1.29, 1.82) is 0 Å². The van der Waals surface area contributed by atoms with Crippen molar-refractivity contribution in [3.8, 4) is 17.0 Å². The maximum absolute atomic E-state index is 15.5. The minimum atomic E-state index is -3.97. The zero-order valence-electron chi connectivity index (χ0n) is 28.0. The van der Waals surface area contributed by atoms with Gasteiger partial charge < -0.3 is 19.7 Å². The predicted molar refractivity (Wildman–Crippen MR) is 185 cm³/mol. The smallest absolute Gasteiger partial charge is 0.410 e. The van der Waals surface area contributed by atoms with Gasteiger partial charge >= 0.3 is 6.09 Å². The number of anilines is 1. The Morgan fingerprint density at radius 2 is 1.81 bits per heavy atom. The van der Waals surface area contributed by atoms with Crippen LogP contribution >= 0.6 is 11.6 Å². The Morgan fingerprint density at radius 1 is 1.10 bits per heavy atom. The minimum Gasteiger partial charge on any atom is -0.481 e. The Kier molecular flexibility index (Phi) is 10.4. The van der Waals surface area contributed by atoms with Crippen LogP contribution in [-0.4, -0.2) is 66.2 Å². The molecular weight excluding hydrogens is 657 g/mol. The number of benzene rings is 2. The van der Waals surface area contributed by atoms with E-state index in [2.05, 4.69) is 15.3 Å². The van der Waals surface area contributed by atoms with Gasteiger partial charge in [0, 0.05) is 36.3 Å². The monoisotopic (exact) mass is 697 g/mol. The number of halogens is 2. The molecule has 0 spiro atoms. The van der Waals surface area contributed by atoms with Crippen molar-refractivity contribution >= 4 is 44.4 Å². The first kappa shape index (κ1) is 35.3. The van der Waals surface area contributed by atoms with Gasteiger partial charge in [0.15, 0.2) is 9.84 Å². The second kappa shape index (κ2) is 14.2. The molecule has 0 atom stereocenters. The van der Waals surface area contributed by atoms with Gasteiger partial charge in [-0.2, -0.15) is 0 Å². The van der Waals surface area contributed by atoms with Gasteiger partial charge in [0.25, 0.3) is 0 Å². The van der Waals surface area contributed by atoms with E-state index in [9.17, 15) is 13.2 Å². The van der Waals surface area contributed by atoms with Crippen molar-refractivity contribution in [3.05, 3.63) is 70.8 Å². The Bertz CT molecular complexity index is 1930. The van der Waals surface area contributed by atoms with Crippen LogP contribution in [0.5, 0.6) is 5.88 Å². The molecule has 0 unspecified atom stereocenters. The van der Waals surface area contributed by atoms with Crippen LogP contribution in [0.3, 0.4) is 0 Å². The Hall–Kier alpha value is -4.03. The maximum atomic E-state index is 15.5. The number of nitrogens with one attached hydrogen (secondary N) is 1. The molecule has 0 bridgehead atoms. The van der Waals surface area contributed by atoms with E-state index in [0.717, 1.165) is 42.1 Å². The van der Waals surface area contributed by atoms with Gasteiger partial charge in [0.1, 0.15) is 17.2 Å². The van der Waals surface area contributed by atoms with Crippen LogP contribution < -0.4 is 10.1 Å². The number of carbonyl (C=O) groups excluding carboxylic acids is 1. The lowest BCUT2D eigenvalue weighted by atomic mass is 9.90. The first-order chi connectivity index (χ1) is 22.7. The van der Waals surface area contributed by atoms with Crippen molar-refractivity contribution in [2.24, 2.45) is 0 Å². The zero-order valence-corrected chi connectivity index (χ0v) is 29.6. The number of nitrogens with zero attached hydrogens (tertiary/aromatic N) is 4. The molecule has 13 heteroatoms. The third-order valence-corrected chi connectivity index (χ3v) is 10.5. The third kappa shape index (κ3) is 7.98. The zero-order chi connectivity index (χ0) is 34.8. The maximum Gasteiger partial charge on any atom is 0.410 e. The number of aromatic nitrogens is 3. The molecule has 0 radical (unpaired) electrons. The van der Waals surface area contributed by atoms with Crippen LogP contribution in [0, 0.1) is 5.82 Å². The van der Waals surface area contributed by atoms with Crippen molar-refractivity contribution in [2.75, 3.05) is 19.5 Å². The van der Waals surface area contributed by atoms with Crippen molar-refractivity contribution < 1.29 is 27.1 Å². The van der Waals surface area contributed by atoms with E-state index in [1.165, 1.54) is 25.3 Å². The number of amides is 1. The predicted octanol–water partition coefficient (Wildman–Crippen LogP) is 7.62. The lowest BCUT2D eigenvalue weighted by Gasteiger charge is -2.35. The number of hydrogen-bond acceptors (Lipinski definition) is 9. The molecule has 1 N–H and O–H groups in total. The number of sulfone groups is 1. The molecule has 2 aromatic carbocycles. The number of pyridine rings is 1. The summed E-state index contributed by atoms with van der Waals surface area (Å²) >= 11 is 6.11. The fraction of sp³-hybridized carbons (Fsp3) is 0.429. The fourth-order valence-electron chi connectivity index (χ4n) is 5.91. The van der Waals surface area contributed by atoms with Crippen molar-refractivity contribution in [1.82, 2.24) is 19.9 Å². The van der Waals surface area contributed by atoms with Crippen molar-refractivity contribution in [3.63, 3.8) is 0 Å². The van der Waals surface area contributed by atoms with Crippen molar-refractivity contribution in [2.45, 2.75) is 88.1 Å². The summed E-state index contributed by atoms with van der Waals surface area (Å²) in [4.78, 5) is 27.8. The average molecular weight is 698 g/mol. The Labute approximate surface area is 286 Å². The quantitative estimate of drug-likeness (QED) is 0.188. The number of ether oxygens (including phenoxy) is 2. The summed E-state index contributed by atoms with van der Waals surface area (Å²) in [6.45, 7) is 7.59. The van der Waals surface area contributed by atoms with Crippen LogP contribution in [0.2, 0.25) is 5.02 Å². The third-order valence-electron chi connectivity index (χ3n) is 8.42. The number of carbonyl (C=O) groups is 1. The summed E-state index contributed by atoms with van der Waals surface area (Å²) in [5.41, 5.74) is 1.90. The van der Waals surface area contributed by atoms with Gasteiger partial charge in [0.05, 0.1) is 28.2 Å². The highest BCUT2D eigenvalue weighted by atomic mass is 35.5. The van der Waals surface area contributed by atoms with Gasteiger partial charge in [-0.15, -0.1) is 0 Å². The lowest BCUT2D eigenvalue weighted by molar-refractivity contribution is 0.0185. The Balaban J connectivity index is 1.34. The Morgan fingerprint density at radius 3 is 2.46 bits per heavy atom. The number of aryl methyl sites for hydroxylation is 1. The van der Waals surface area contributed by atoms with Gasteiger partial charge in [0.2, 0.25) is 11.8 Å². The SMILES string of the molecule is CCc1cc(-c2cc(F)c(CS(=O)(=O)c3ccccc3Cl)nc2OC)cc2cnc(NC3CCC(N(C)C(=O)OC(C)(C)C)CC3)nc12. The van der Waals surface area contributed by atoms with Gasteiger partial charge in [-0.1, -0.05) is 30.7 Å². The second-order valence-electron chi connectivity index (χ2n) is 13.0. The molecule has 48 heavy (non-hydrogen) atoms. The van der Waals surface area contributed by atoms with Crippen LogP contribution in [0.25, 0.3) is 22.0 Å². The second-order valence-corrected chi connectivity index (χ2v) is 15.4. The summed E-state index contributed by atoms with van der Waals surface area (Å²) in [7, 11) is -0.776. The minimum absolute atomic E-state index is 0.0563. The lowest BCUT2D eigenvalue weighted by Crippen LogP contribution is -2.43. The molecule has 2 heterocycles. The largest absolute Gasteiger partial charge is 0.481 e. The summed E-state index contributed by atoms with van der Waals surface area (Å²) < 4.78 is 52.6. The highest BCUT2D eigenvalue weighted by Crippen LogP contribution is 2.35. The highest BCUT2D eigenvalue weighted by molar-refractivity contribution is 7.90. The molecule has 1 amide bonds. The van der Waals surface area contributed by atoms with Crippen LogP contribution in [0.1, 0.15) is 64.6 Å². The van der Waals surface area contributed by atoms with E-state index in [-0.39, 0.29) is 39.7 Å². The fourth-order valence-corrected chi connectivity index (χ4v) is 7.77. The molecule has 10 nitrogen and oxygen atoms in total. The first-order valence-electron chi connectivity index (χ1n) is 15.9. The first-order valence-corrected chi connectivity index (χ1v) is 17.9. The normalized spacial score (nSPS) is 16.8. The van der Waals surface area contributed by atoms with Crippen LogP contribution in [0.4, 0.5) is 15.1 Å². The summed E-state index contributed by atoms with van der Waals surface area (Å²) in [5, 5.41) is 4.28. The van der Waals surface area contributed by atoms with Crippen LogP contribution in [0.15, 0.2) is 53.6 Å². The summed E-state index contributed by atoms with van der Waals surface area (Å²) in [6.07, 6.45) is 5.45. The van der Waals surface area contributed by atoms with E-state index in [0.29, 0.717) is 23.5 Å². The van der Waals surface area contributed by atoms with E-state index in [1.807, 2.05) is 39.8 Å². The molecule has 2 aromatic heterocycles. The molecule has 1 aliphatic carbocycles. The molecule has 0 saturated heterocycles. The molecule has 1 fully saturated rings. The molecule has 256 valence electrons. The average Bonchev–Trinajstić information content (AvgIpc) is 3.04. The van der Waals surface area contributed by atoms with Gasteiger partial charge in [-0.3, -0.25) is 0 Å². The van der Waals surface area contributed by atoms with E-state index >= 15 is 4.39 Å². The van der Waals surface area contributed by atoms with Gasteiger partial charge in [-0.25, -0.2) is 32.6 Å². The van der Waals surface area contributed by atoms with Crippen LogP contribution in [-0.2, 0) is 26.7 Å². The van der Waals surface area contributed by atoms with E-state index in [1.54, 1.807) is 30.3 Å². The van der Waals surface area contributed by atoms with Gasteiger partial charge in [-0.05, 0) is 94.3 Å². The molecule has 1 saturated carbocycles. The van der Waals surface area contributed by atoms with E-state index in [4.69, 9.17) is 26.1 Å². The molecular formula is C35H41ClFN5O5S. The van der Waals surface area contributed by atoms with E-state index < -0.39 is 27.0 Å². The number of methoxy groups -OCH3 is 1. The highest BCUT2D eigenvalue weighted by Gasteiger charge is 2.30.